The lowest BCUT2D eigenvalue weighted by Gasteiger charge is -2.17. The van der Waals surface area contributed by atoms with Gasteiger partial charge in [0.15, 0.2) is 0 Å². The highest BCUT2D eigenvalue weighted by molar-refractivity contribution is 6.35. The van der Waals surface area contributed by atoms with Crippen molar-refractivity contribution in [3.63, 3.8) is 0 Å². The van der Waals surface area contributed by atoms with E-state index in [9.17, 15) is 9.59 Å². The topological polar surface area (TPSA) is 102 Å². The van der Waals surface area contributed by atoms with Crippen LogP contribution in [0.3, 0.4) is 0 Å². The zero-order valence-corrected chi connectivity index (χ0v) is 18.5. The quantitative estimate of drug-likeness (QED) is 0.376. The van der Waals surface area contributed by atoms with E-state index in [4.69, 9.17) is 28.9 Å². The minimum absolute atomic E-state index is 0.299. The minimum atomic E-state index is -0.522. The number of amides is 2. The molecular weight excluding hydrogens is 449 g/mol. The summed E-state index contributed by atoms with van der Waals surface area (Å²) in [6.45, 7) is 1.74. The van der Waals surface area contributed by atoms with E-state index in [2.05, 4.69) is 15.6 Å². The van der Waals surface area contributed by atoms with E-state index in [1.165, 1.54) is 4.57 Å². The normalized spacial score (nSPS) is 11.9. The van der Waals surface area contributed by atoms with Gasteiger partial charge in [0.25, 0.3) is 5.56 Å². The van der Waals surface area contributed by atoms with Crippen LogP contribution < -0.4 is 21.9 Å². The largest absolute Gasteiger partial charge is 0.323 e. The van der Waals surface area contributed by atoms with Crippen molar-refractivity contribution < 1.29 is 4.79 Å². The Bertz CT molecular complexity index is 1380. The molecule has 7 nitrogen and oxygen atoms in total. The summed E-state index contributed by atoms with van der Waals surface area (Å²) >= 11 is 12.4. The Kier molecular flexibility index (Phi) is 6.14. The third-order valence-corrected chi connectivity index (χ3v) is 5.41. The van der Waals surface area contributed by atoms with Gasteiger partial charge < -0.3 is 16.4 Å². The first-order valence-electron chi connectivity index (χ1n) is 9.75. The van der Waals surface area contributed by atoms with Gasteiger partial charge in [0.2, 0.25) is 0 Å². The number of rotatable bonds is 4. The van der Waals surface area contributed by atoms with E-state index >= 15 is 0 Å². The average molecular weight is 468 g/mol. The number of nitrogens with two attached hydrogens (primary N) is 1. The minimum Gasteiger partial charge on any atom is -0.322 e. The molecule has 0 aliphatic heterocycles. The first-order chi connectivity index (χ1) is 15.3. The van der Waals surface area contributed by atoms with Crippen molar-refractivity contribution in [2.45, 2.75) is 13.0 Å². The molecule has 9 heteroatoms. The first kappa shape index (κ1) is 21.8. The van der Waals surface area contributed by atoms with Crippen LogP contribution in [0.2, 0.25) is 10.0 Å². The number of aromatic nitrogens is 2. The van der Waals surface area contributed by atoms with E-state index in [1.54, 1.807) is 73.7 Å². The summed E-state index contributed by atoms with van der Waals surface area (Å²) < 4.78 is 1.41. The number of nitrogens with one attached hydrogen (secondary N) is 2. The highest BCUT2D eigenvalue weighted by Crippen LogP contribution is 2.24. The first-order valence-corrected chi connectivity index (χ1v) is 10.5. The summed E-state index contributed by atoms with van der Waals surface area (Å²) in [5, 5.41) is 6.46. The fraction of sp³-hybridized carbons (Fsp3) is 0.0870. The molecule has 1 aromatic heterocycles. The summed E-state index contributed by atoms with van der Waals surface area (Å²) in [5.41, 5.74) is 7.69. The Balaban J connectivity index is 1.73. The van der Waals surface area contributed by atoms with Gasteiger partial charge in [-0.25, -0.2) is 9.78 Å². The number of nitrogens with zero attached hydrogens (tertiary/aromatic N) is 2. The maximum Gasteiger partial charge on any atom is 0.323 e. The van der Waals surface area contributed by atoms with Gasteiger partial charge in [-0.05, 0) is 49.4 Å². The average Bonchev–Trinajstić information content (AvgIpc) is 2.75. The van der Waals surface area contributed by atoms with Crippen LogP contribution in [0.5, 0.6) is 0 Å². The fourth-order valence-electron chi connectivity index (χ4n) is 3.33. The number of carbonyl (C=O) groups is 1. The predicted octanol–water partition coefficient (Wildman–Crippen LogP) is 5.36. The van der Waals surface area contributed by atoms with Crippen molar-refractivity contribution in [1.82, 2.24) is 9.55 Å². The fourth-order valence-corrected chi connectivity index (χ4v) is 3.77. The number of hydrogen-bond acceptors (Lipinski definition) is 4. The van der Waals surface area contributed by atoms with Crippen molar-refractivity contribution >= 4 is 51.5 Å². The van der Waals surface area contributed by atoms with Crippen LogP contribution in [-0.2, 0) is 0 Å². The number of halogens is 2. The van der Waals surface area contributed by atoms with E-state index < -0.39 is 12.1 Å². The molecule has 0 radical (unpaired) electrons. The van der Waals surface area contributed by atoms with Crippen LogP contribution in [0, 0.1) is 0 Å². The van der Waals surface area contributed by atoms with Gasteiger partial charge in [0, 0.05) is 5.69 Å². The van der Waals surface area contributed by atoms with Gasteiger partial charge in [-0.15, -0.1) is 0 Å². The second-order valence-corrected chi connectivity index (χ2v) is 7.96. The van der Waals surface area contributed by atoms with Gasteiger partial charge in [-0.1, -0.05) is 47.5 Å². The SMILES string of the molecule is CC(N)c1nc2cccc(Cl)c2c(=O)n1-c1cccc(NC(=O)Nc2ccccc2Cl)c1. The third-order valence-electron chi connectivity index (χ3n) is 4.76. The lowest BCUT2D eigenvalue weighted by Crippen LogP contribution is -2.28. The Morgan fingerprint density at radius 2 is 1.72 bits per heavy atom. The molecule has 3 aromatic carbocycles. The van der Waals surface area contributed by atoms with Crippen molar-refractivity contribution in [1.29, 1.82) is 0 Å². The molecule has 1 atom stereocenters. The molecule has 0 bridgehead atoms. The Hall–Kier alpha value is -3.39. The number of para-hydroxylation sites is 1. The van der Waals surface area contributed by atoms with Crippen LogP contribution in [0.4, 0.5) is 16.2 Å². The molecule has 162 valence electrons. The number of hydrogen-bond donors (Lipinski definition) is 3. The summed E-state index contributed by atoms with van der Waals surface area (Å²) in [6.07, 6.45) is 0. The maximum absolute atomic E-state index is 13.4. The molecule has 32 heavy (non-hydrogen) atoms. The van der Waals surface area contributed by atoms with Crippen LogP contribution in [-0.4, -0.2) is 15.6 Å². The standard InChI is InChI=1S/C23H19Cl2N5O2/c1-13(26)21-28-19-11-5-9-17(25)20(19)22(31)30(21)15-7-4-6-14(12-15)27-23(32)29-18-10-3-2-8-16(18)24/h2-13H,26H2,1H3,(H2,27,29,32). The lowest BCUT2D eigenvalue weighted by atomic mass is 10.2. The maximum atomic E-state index is 13.4. The van der Waals surface area contributed by atoms with Crippen LogP contribution in [0.15, 0.2) is 71.5 Å². The third kappa shape index (κ3) is 4.31. The van der Waals surface area contributed by atoms with E-state index in [0.29, 0.717) is 43.8 Å². The second kappa shape index (κ2) is 9.00. The van der Waals surface area contributed by atoms with Gasteiger partial charge in [0.05, 0.1) is 38.4 Å². The van der Waals surface area contributed by atoms with Gasteiger partial charge in [-0.2, -0.15) is 0 Å². The molecule has 2 amide bonds. The number of fused-ring (bicyclic) bond motifs is 1. The van der Waals surface area contributed by atoms with Crippen molar-refractivity contribution in [3.05, 3.63) is 93.0 Å². The number of carbonyl (C=O) groups excluding carboxylic acids is 1. The Morgan fingerprint density at radius 1 is 1.00 bits per heavy atom. The molecule has 0 saturated heterocycles. The number of benzene rings is 3. The van der Waals surface area contributed by atoms with Crippen LogP contribution >= 0.6 is 23.2 Å². The van der Waals surface area contributed by atoms with Crippen molar-refractivity contribution in [2.24, 2.45) is 5.73 Å². The van der Waals surface area contributed by atoms with Gasteiger partial charge >= 0.3 is 6.03 Å². The van der Waals surface area contributed by atoms with Gasteiger partial charge in [-0.3, -0.25) is 9.36 Å². The molecule has 1 unspecified atom stereocenters. The van der Waals surface area contributed by atoms with Crippen LogP contribution in [0.25, 0.3) is 16.6 Å². The lowest BCUT2D eigenvalue weighted by molar-refractivity contribution is 0.262. The van der Waals surface area contributed by atoms with E-state index in [0.717, 1.165) is 0 Å². The predicted molar refractivity (Wildman–Crippen MR) is 129 cm³/mol. The van der Waals surface area contributed by atoms with Crippen LogP contribution in [0.1, 0.15) is 18.8 Å². The molecule has 0 fully saturated rings. The monoisotopic (exact) mass is 467 g/mol. The molecule has 0 spiro atoms. The van der Waals surface area contributed by atoms with Gasteiger partial charge in [0.1, 0.15) is 5.82 Å². The Morgan fingerprint density at radius 3 is 2.47 bits per heavy atom. The number of urea groups is 1. The zero-order valence-electron chi connectivity index (χ0n) is 17.0. The zero-order chi connectivity index (χ0) is 22.8. The molecular formula is C23H19Cl2N5O2. The molecule has 0 saturated carbocycles. The molecule has 4 rings (SSSR count). The smallest absolute Gasteiger partial charge is 0.322 e. The van der Waals surface area contributed by atoms with E-state index in [-0.39, 0.29) is 5.56 Å². The molecule has 4 N–H and O–H groups in total. The summed E-state index contributed by atoms with van der Waals surface area (Å²) in [5.74, 6) is 0.377. The molecule has 0 aliphatic carbocycles. The van der Waals surface area contributed by atoms with E-state index in [1.807, 2.05) is 0 Å². The molecule has 1 heterocycles. The number of anilines is 2. The van der Waals surface area contributed by atoms with Crippen molar-refractivity contribution in [3.8, 4) is 5.69 Å². The Labute approximate surface area is 193 Å². The summed E-state index contributed by atoms with van der Waals surface area (Å²) in [4.78, 5) is 30.4. The second-order valence-electron chi connectivity index (χ2n) is 7.14. The molecule has 4 aromatic rings. The van der Waals surface area contributed by atoms with Crippen molar-refractivity contribution in [2.75, 3.05) is 10.6 Å². The summed E-state index contributed by atoms with van der Waals surface area (Å²) in [7, 11) is 0. The highest BCUT2D eigenvalue weighted by atomic mass is 35.5. The summed E-state index contributed by atoms with van der Waals surface area (Å²) in [6, 6.07) is 17.8. The molecule has 0 aliphatic rings. The highest BCUT2D eigenvalue weighted by Gasteiger charge is 2.18.